The van der Waals surface area contributed by atoms with Gasteiger partial charge in [0.1, 0.15) is 0 Å². The molecule has 1 amide bonds. The van der Waals surface area contributed by atoms with E-state index in [1.165, 1.54) is 16.9 Å². The maximum Gasteiger partial charge on any atom is 0.257 e. The van der Waals surface area contributed by atoms with Crippen LogP contribution < -0.4 is 5.32 Å². The molecule has 1 aromatic carbocycles. The Morgan fingerprint density at radius 2 is 2.11 bits per heavy atom. The summed E-state index contributed by atoms with van der Waals surface area (Å²) in [4.78, 5) is 24.1. The number of thiazole rings is 1. The molecule has 1 aliphatic heterocycles. The van der Waals surface area contributed by atoms with Gasteiger partial charge in [-0.15, -0.1) is 11.3 Å². The maximum atomic E-state index is 12.5. The summed E-state index contributed by atoms with van der Waals surface area (Å²) in [5, 5.41) is 5.67. The molecule has 0 radical (unpaired) electrons. The Bertz CT molecular complexity index is 923. The predicted octanol–water partition coefficient (Wildman–Crippen LogP) is 4.69. The molecule has 4 rings (SSSR count). The van der Waals surface area contributed by atoms with Crippen molar-refractivity contribution in [2.45, 2.75) is 38.8 Å². The van der Waals surface area contributed by atoms with Crippen LogP contribution in [0.5, 0.6) is 0 Å². The summed E-state index contributed by atoms with van der Waals surface area (Å²) in [6.45, 7) is 3.98. The topological polar surface area (TPSA) is 58.1 Å². The number of nitrogens with one attached hydrogen (secondary N) is 1. The van der Waals surface area contributed by atoms with E-state index >= 15 is 0 Å². The zero-order chi connectivity index (χ0) is 19.3. The van der Waals surface area contributed by atoms with Crippen molar-refractivity contribution in [2.24, 2.45) is 0 Å². The lowest BCUT2D eigenvalue weighted by Gasteiger charge is -2.22. The van der Waals surface area contributed by atoms with Crippen molar-refractivity contribution >= 4 is 22.4 Å². The minimum atomic E-state index is -0.111. The maximum absolute atomic E-state index is 12.5. The Balaban J connectivity index is 1.42. The third-order valence-corrected chi connectivity index (χ3v) is 5.94. The molecule has 3 aromatic rings. The number of aromatic nitrogens is 2. The molecule has 5 nitrogen and oxygen atoms in total. The van der Waals surface area contributed by atoms with Crippen LogP contribution in [-0.2, 0) is 13.0 Å². The van der Waals surface area contributed by atoms with Crippen molar-refractivity contribution in [2.75, 3.05) is 11.9 Å². The van der Waals surface area contributed by atoms with E-state index < -0.39 is 0 Å². The van der Waals surface area contributed by atoms with Gasteiger partial charge in [-0.1, -0.05) is 25.1 Å². The molecular formula is C22H24N4OS. The van der Waals surface area contributed by atoms with E-state index in [2.05, 4.69) is 33.6 Å². The van der Waals surface area contributed by atoms with Crippen LogP contribution in [0.1, 0.15) is 53.1 Å². The minimum Gasteiger partial charge on any atom is -0.298 e. The highest BCUT2D eigenvalue weighted by Gasteiger charge is 2.28. The van der Waals surface area contributed by atoms with Crippen LogP contribution in [0.4, 0.5) is 5.13 Å². The van der Waals surface area contributed by atoms with Gasteiger partial charge in [0.25, 0.3) is 5.91 Å². The summed E-state index contributed by atoms with van der Waals surface area (Å²) >= 11 is 1.49. The summed E-state index contributed by atoms with van der Waals surface area (Å²) in [6.07, 6.45) is 5.04. The Morgan fingerprint density at radius 1 is 1.25 bits per heavy atom. The molecule has 0 spiro atoms. The van der Waals surface area contributed by atoms with Gasteiger partial charge in [-0.2, -0.15) is 0 Å². The van der Waals surface area contributed by atoms with Crippen LogP contribution in [0.15, 0.2) is 54.0 Å². The number of amides is 1. The molecule has 0 unspecified atom stereocenters. The van der Waals surface area contributed by atoms with Gasteiger partial charge in [-0.05, 0) is 55.6 Å². The van der Waals surface area contributed by atoms with Crippen LogP contribution in [-0.4, -0.2) is 27.3 Å². The number of carbonyl (C=O) groups is 1. The SMILES string of the molecule is CCc1ccc(C(=O)Nc2nc([C@H]3CCCN3Cc3ccccn3)cs2)cc1. The Labute approximate surface area is 169 Å². The Hall–Kier alpha value is -2.57. The van der Waals surface area contributed by atoms with Gasteiger partial charge in [-0.3, -0.25) is 20.0 Å². The van der Waals surface area contributed by atoms with Gasteiger partial charge in [0.15, 0.2) is 5.13 Å². The number of aryl methyl sites for hydroxylation is 1. The van der Waals surface area contributed by atoms with Gasteiger partial charge < -0.3 is 0 Å². The zero-order valence-corrected chi connectivity index (χ0v) is 16.8. The third kappa shape index (κ3) is 4.29. The first kappa shape index (κ1) is 18.8. The van der Waals surface area contributed by atoms with E-state index in [0.717, 1.165) is 43.7 Å². The van der Waals surface area contributed by atoms with Crippen molar-refractivity contribution in [1.29, 1.82) is 0 Å². The molecule has 1 atom stereocenters. The third-order valence-electron chi connectivity index (χ3n) is 5.16. The molecule has 0 aliphatic carbocycles. The van der Waals surface area contributed by atoms with E-state index in [9.17, 15) is 4.79 Å². The largest absolute Gasteiger partial charge is 0.298 e. The van der Waals surface area contributed by atoms with E-state index in [0.29, 0.717) is 10.7 Å². The number of carbonyl (C=O) groups excluding carboxylic acids is 1. The van der Waals surface area contributed by atoms with Gasteiger partial charge in [0, 0.05) is 23.7 Å². The molecule has 1 aliphatic rings. The molecule has 1 N–H and O–H groups in total. The van der Waals surface area contributed by atoms with Crippen molar-refractivity contribution in [3.63, 3.8) is 0 Å². The molecule has 0 saturated carbocycles. The standard InChI is InChI=1S/C22H24N4OS/c1-2-16-8-10-17(11-9-16)21(27)25-22-24-19(15-28-22)20-7-5-13-26(20)14-18-6-3-4-12-23-18/h3-4,6,8-12,15,20H,2,5,7,13-14H2,1H3,(H,24,25,27)/t20-/m1/s1. The molecule has 3 heterocycles. The highest BCUT2D eigenvalue weighted by Crippen LogP contribution is 2.34. The fourth-order valence-electron chi connectivity index (χ4n) is 3.61. The average molecular weight is 393 g/mol. The smallest absolute Gasteiger partial charge is 0.257 e. The quantitative estimate of drug-likeness (QED) is 0.661. The van der Waals surface area contributed by atoms with Crippen molar-refractivity contribution in [1.82, 2.24) is 14.9 Å². The highest BCUT2D eigenvalue weighted by atomic mass is 32.1. The van der Waals surface area contributed by atoms with E-state index in [-0.39, 0.29) is 11.9 Å². The monoisotopic (exact) mass is 392 g/mol. The summed E-state index contributed by atoms with van der Waals surface area (Å²) in [5.74, 6) is -0.111. The van der Waals surface area contributed by atoms with Gasteiger partial charge >= 0.3 is 0 Å². The summed E-state index contributed by atoms with van der Waals surface area (Å²) in [5.41, 5.74) is 4.00. The second-order valence-electron chi connectivity index (χ2n) is 7.03. The van der Waals surface area contributed by atoms with Crippen LogP contribution in [0.25, 0.3) is 0 Å². The molecule has 28 heavy (non-hydrogen) atoms. The van der Waals surface area contributed by atoms with Crippen LogP contribution in [0, 0.1) is 0 Å². The lowest BCUT2D eigenvalue weighted by molar-refractivity contribution is 0.102. The second-order valence-corrected chi connectivity index (χ2v) is 7.89. The van der Waals surface area contributed by atoms with E-state index in [1.54, 1.807) is 0 Å². The van der Waals surface area contributed by atoms with Gasteiger partial charge in [0.2, 0.25) is 0 Å². The average Bonchev–Trinajstić information content (AvgIpc) is 3.38. The lowest BCUT2D eigenvalue weighted by Crippen LogP contribution is -2.23. The second kappa shape index (κ2) is 8.63. The molecule has 6 heteroatoms. The van der Waals surface area contributed by atoms with Crippen LogP contribution >= 0.6 is 11.3 Å². The summed E-state index contributed by atoms with van der Waals surface area (Å²) in [7, 11) is 0. The van der Waals surface area contributed by atoms with Crippen molar-refractivity contribution in [3.05, 3.63) is 76.6 Å². The molecular weight excluding hydrogens is 368 g/mol. The Morgan fingerprint density at radius 3 is 2.86 bits per heavy atom. The van der Waals surface area contributed by atoms with Gasteiger partial charge in [0.05, 0.1) is 17.4 Å². The van der Waals surface area contributed by atoms with Crippen molar-refractivity contribution < 1.29 is 4.79 Å². The number of anilines is 1. The van der Waals surface area contributed by atoms with Gasteiger partial charge in [-0.25, -0.2) is 4.98 Å². The van der Waals surface area contributed by atoms with E-state index in [1.807, 2.05) is 42.6 Å². The number of rotatable bonds is 6. The normalized spacial score (nSPS) is 17.0. The number of hydrogen-bond donors (Lipinski definition) is 1. The number of likely N-dealkylation sites (tertiary alicyclic amines) is 1. The first-order valence-electron chi connectivity index (χ1n) is 9.72. The van der Waals surface area contributed by atoms with Crippen LogP contribution in [0.2, 0.25) is 0 Å². The Kier molecular flexibility index (Phi) is 5.78. The first-order valence-corrected chi connectivity index (χ1v) is 10.6. The first-order chi connectivity index (χ1) is 13.7. The molecule has 2 aromatic heterocycles. The van der Waals surface area contributed by atoms with E-state index in [4.69, 9.17) is 4.98 Å². The fourth-order valence-corrected chi connectivity index (χ4v) is 4.36. The number of nitrogens with zero attached hydrogens (tertiary/aromatic N) is 3. The predicted molar refractivity (Wildman–Crippen MR) is 113 cm³/mol. The number of pyridine rings is 1. The fraction of sp³-hybridized carbons (Fsp3) is 0.318. The zero-order valence-electron chi connectivity index (χ0n) is 16.0. The number of hydrogen-bond acceptors (Lipinski definition) is 5. The molecule has 1 saturated heterocycles. The molecule has 144 valence electrons. The molecule has 1 fully saturated rings. The summed E-state index contributed by atoms with van der Waals surface area (Å²) in [6, 6.07) is 14.0. The lowest BCUT2D eigenvalue weighted by atomic mass is 10.1. The van der Waals surface area contributed by atoms with Crippen molar-refractivity contribution in [3.8, 4) is 0 Å². The summed E-state index contributed by atoms with van der Waals surface area (Å²) < 4.78 is 0. The highest BCUT2D eigenvalue weighted by molar-refractivity contribution is 7.14. The number of benzene rings is 1. The minimum absolute atomic E-state index is 0.111. The molecule has 0 bridgehead atoms. The van der Waals surface area contributed by atoms with Crippen LogP contribution in [0.3, 0.4) is 0 Å².